The van der Waals surface area contributed by atoms with Gasteiger partial charge in [-0.05, 0) is 66.5 Å². The van der Waals surface area contributed by atoms with Crippen molar-refractivity contribution in [1.82, 2.24) is 58.6 Å². The number of sulfone groups is 2. The van der Waals surface area contributed by atoms with Crippen LogP contribution in [-0.2, 0) is 33.8 Å². The van der Waals surface area contributed by atoms with Crippen molar-refractivity contribution in [3.63, 3.8) is 0 Å². The molecule has 0 bridgehead atoms. The summed E-state index contributed by atoms with van der Waals surface area (Å²) in [5.74, 6) is 3.02. The van der Waals surface area contributed by atoms with E-state index in [1.807, 2.05) is 56.7 Å². The van der Waals surface area contributed by atoms with Crippen molar-refractivity contribution in [1.29, 1.82) is 0 Å². The molecule has 7 aromatic rings. The van der Waals surface area contributed by atoms with Gasteiger partial charge in [0.1, 0.15) is 40.3 Å². The molecule has 0 atom stereocenters. The minimum Gasteiger partial charge on any atom is -0.326 e. The summed E-state index contributed by atoms with van der Waals surface area (Å²) in [5.41, 5.74) is 3.60. The van der Waals surface area contributed by atoms with Crippen molar-refractivity contribution in [2.75, 3.05) is 11.5 Å². The molecule has 294 valence electrons. The molecule has 56 heavy (non-hydrogen) atoms. The molecule has 0 saturated heterocycles. The molecule has 19 heteroatoms. The quantitative estimate of drug-likeness (QED) is 0.163. The molecule has 7 rings (SSSR count). The summed E-state index contributed by atoms with van der Waals surface area (Å²) in [5, 5.41) is 8.49. The molecule has 0 spiro atoms. The second-order valence-corrected chi connectivity index (χ2v) is 17.5. The van der Waals surface area contributed by atoms with Crippen molar-refractivity contribution in [3.05, 3.63) is 95.4 Å². The third-order valence-electron chi connectivity index (χ3n) is 8.49. The van der Waals surface area contributed by atoms with Crippen LogP contribution in [0.2, 0.25) is 0 Å². The van der Waals surface area contributed by atoms with Gasteiger partial charge in [0.05, 0.1) is 39.4 Å². The third kappa shape index (κ3) is 8.69. The van der Waals surface area contributed by atoms with Crippen LogP contribution in [0.15, 0.2) is 88.0 Å². The molecule has 0 aliphatic rings. The van der Waals surface area contributed by atoms with E-state index in [1.165, 1.54) is 21.8 Å². The standard InChI is InChI=1S/C21H22N6O2S.C14H15BrN6O2S.C2H6/c1-5-30(28,29)18-10-11-19(27-13-23-15(3)25-27)24-20(18)21-22-12-17(26(21)4)16-8-6-14(2)7-9-16;1-4-24(22,23)10-5-6-12(21-8-17-9(2)19-21)18-13(10)14-16-7-11(15)20(14)3;1-2/h6-13H,5H2,1-4H3;5-8H,4H2,1-3H3;1-2H3. The van der Waals surface area contributed by atoms with Gasteiger partial charge in [0.25, 0.3) is 0 Å². The summed E-state index contributed by atoms with van der Waals surface area (Å²) < 4.78 is 57.7. The van der Waals surface area contributed by atoms with E-state index >= 15 is 0 Å². The Labute approximate surface area is 334 Å². The molecule has 0 radical (unpaired) electrons. The summed E-state index contributed by atoms with van der Waals surface area (Å²) in [6.45, 7) is 12.8. The van der Waals surface area contributed by atoms with E-state index in [0.717, 1.165) is 21.4 Å². The first kappa shape index (κ1) is 41.8. The van der Waals surface area contributed by atoms with Gasteiger partial charge in [0.2, 0.25) is 0 Å². The Morgan fingerprint density at radius 1 is 0.607 bits per heavy atom. The fourth-order valence-electron chi connectivity index (χ4n) is 5.40. The van der Waals surface area contributed by atoms with Crippen molar-refractivity contribution < 1.29 is 16.8 Å². The molecule has 6 heterocycles. The third-order valence-corrected chi connectivity index (χ3v) is 12.7. The zero-order valence-corrected chi connectivity index (χ0v) is 35.8. The van der Waals surface area contributed by atoms with Gasteiger partial charge in [-0.1, -0.05) is 57.5 Å². The van der Waals surface area contributed by atoms with Crippen LogP contribution >= 0.6 is 15.9 Å². The highest BCUT2D eigenvalue weighted by Crippen LogP contribution is 2.31. The zero-order valence-electron chi connectivity index (χ0n) is 32.5. The number of rotatable bonds is 9. The second kappa shape index (κ2) is 17.2. The molecule has 0 saturated carbocycles. The van der Waals surface area contributed by atoms with Gasteiger partial charge in [-0.25, -0.2) is 56.1 Å². The monoisotopic (exact) mass is 862 g/mol. The highest BCUT2D eigenvalue weighted by atomic mass is 79.9. The average molecular weight is 864 g/mol. The molecular weight excluding hydrogens is 821 g/mol. The van der Waals surface area contributed by atoms with Gasteiger partial charge in [-0.3, -0.25) is 0 Å². The summed E-state index contributed by atoms with van der Waals surface area (Å²) >= 11 is 3.37. The molecular formula is C37H43BrN12O4S2. The largest absolute Gasteiger partial charge is 0.326 e. The second-order valence-electron chi connectivity index (χ2n) is 12.2. The first-order valence-electron chi connectivity index (χ1n) is 17.6. The molecule has 0 unspecified atom stereocenters. The van der Waals surface area contributed by atoms with Gasteiger partial charge in [-0.15, -0.1) is 0 Å². The van der Waals surface area contributed by atoms with Crippen molar-refractivity contribution in [3.8, 4) is 45.9 Å². The smallest absolute Gasteiger partial charge is 0.180 e. The number of aromatic nitrogens is 12. The highest BCUT2D eigenvalue weighted by molar-refractivity contribution is 9.10. The maximum absolute atomic E-state index is 12.8. The molecule has 1 aromatic carbocycles. The number of hydrogen-bond donors (Lipinski definition) is 0. The number of hydrogen-bond acceptors (Lipinski definition) is 12. The molecule has 0 aliphatic carbocycles. The average Bonchev–Trinajstić information content (AvgIpc) is 4.00. The fraction of sp³-hybridized carbons (Fsp3) is 0.297. The normalized spacial score (nSPS) is 11.5. The van der Waals surface area contributed by atoms with E-state index < -0.39 is 19.7 Å². The van der Waals surface area contributed by atoms with Crippen LogP contribution < -0.4 is 0 Å². The van der Waals surface area contributed by atoms with Crippen LogP contribution in [-0.4, -0.2) is 86.9 Å². The van der Waals surface area contributed by atoms with Crippen molar-refractivity contribution in [2.24, 2.45) is 14.1 Å². The van der Waals surface area contributed by atoms with Crippen LogP contribution in [0.25, 0.3) is 45.9 Å². The van der Waals surface area contributed by atoms with Gasteiger partial charge < -0.3 is 9.13 Å². The van der Waals surface area contributed by atoms with E-state index in [4.69, 9.17) is 0 Å². The minimum atomic E-state index is -3.51. The summed E-state index contributed by atoms with van der Waals surface area (Å²) in [4.78, 5) is 26.4. The van der Waals surface area contributed by atoms with Gasteiger partial charge in [0, 0.05) is 14.1 Å². The Kier molecular flexibility index (Phi) is 12.8. The van der Waals surface area contributed by atoms with E-state index in [2.05, 4.69) is 56.0 Å². The fourth-order valence-corrected chi connectivity index (χ4v) is 7.71. The Hall–Kier alpha value is -5.40. The molecule has 0 N–H and O–H groups in total. The zero-order chi connectivity index (χ0) is 40.9. The maximum Gasteiger partial charge on any atom is 0.180 e. The molecule has 0 amide bonds. The number of pyridine rings is 2. The van der Waals surface area contributed by atoms with Crippen LogP contribution in [0, 0.1) is 20.8 Å². The molecule has 6 aromatic heterocycles. The van der Waals surface area contributed by atoms with Crippen LogP contribution in [0.1, 0.15) is 44.9 Å². The number of aryl methyl sites for hydroxylation is 3. The first-order chi connectivity index (χ1) is 26.6. The highest BCUT2D eigenvalue weighted by Gasteiger charge is 2.25. The molecule has 0 fully saturated rings. The van der Waals surface area contributed by atoms with E-state index in [0.29, 0.717) is 40.6 Å². The lowest BCUT2D eigenvalue weighted by atomic mass is 10.1. The van der Waals surface area contributed by atoms with Gasteiger partial charge in [-0.2, -0.15) is 10.2 Å². The maximum atomic E-state index is 12.8. The summed E-state index contributed by atoms with van der Waals surface area (Å²) in [6, 6.07) is 14.4. The van der Waals surface area contributed by atoms with Gasteiger partial charge >= 0.3 is 0 Å². The van der Waals surface area contributed by atoms with E-state index in [-0.39, 0.29) is 27.0 Å². The van der Waals surface area contributed by atoms with Crippen molar-refractivity contribution >= 4 is 35.6 Å². The lowest BCUT2D eigenvalue weighted by Crippen LogP contribution is -2.11. The Bertz CT molecular complexity index is 2700. The topological polar surface area (TPSA) is 191 Å². The Balaban J connectivity index is 0.000000210. The SMILES string of the molecule is CC.CCS(=O)(=O)c1ccc(-n2cnc(C)n2)nc1-c1ncc(-c2ccc(C)cc2)n1C.CCS(=O)(=O)c1ccc(-n2cnc(C)n2)nc1-c1ncc(Br)n1C. The van der Waals surface area contributed by atoms with Gasteiger partial charge in [0.15, 0.2) is 43.0 Å². The van der Waals surface area contributed by atoms with Crippen LogP contribution in [0.5, 0.6) is 0 Å². The Morgan fingerprint density at radius 3 is 1.45 bits per heavy atom. The van der Waals surface area contributed by atoms with E-state index in [1.54, 1.807) is 76.2 Å². The number of benzene rings is 1. The summed E-state index contributed by atoms with van der Waals surface area (Å²) in [7, 11) is -3.33. The lowest BCUT2D eigenvalue weighted by Gasteiger charge is -2.12. The minimum absolute atomic E-state index is 0.0188. The van der Waals surface area contributed by atoms with Crippen LogP contribution in [0.4, 0.5) is 0 Å². The number of nitrogens with zero attached hydrogens (tertiary/aromatic N) is 12. The predicted octanol–water partition coefficient (Wildman–Crippen LogP) is 6.09. The predicted molar refractivity (Wildman–Crippen MR) is 217 cm³/mol. The first-order valence-corrected chi connectivity index (χ1v) is 21.7. The Morgan fingerprint density at radius 2 is 1.05 bits per heavy atom. The summed E-state index contributed by atoms with van der Waals surface area (Å²) in [6.07, 6.45) is 6.41. The van der Waals surface area contributed by atoms with E-state index in [9.17, 15) is 16.8 Å². The number of halogens is 1. The van der Waals surface area contributed by atoms with Crippen molar-refractivity contribution in [2.45, 2.75) is 58.3 Å². The van der Waals surface area contributed by atoms with Crippen LogP contribution in [0.3, 0.4) is 0 Å². The number of imidazole rings is 2. The molecule has 0 aliphatic heterocycles. The lowest BCUT2D eigenvalue weighted by molar-refractivity contribution is 0.595. The molecule has 16 nitrogen and oxygen atoms in total.